The number of aromatic nitrogens is 2. The monoisotopic (exact) mass is 274 g/mol. The summed E-state index contributed by atoms with van der Waals surface area (Å²) in [4.78, 5) is 0. The minimum Gasteiger partial charge on any atom is -0.375 e. The van der Waals surface area contributed by atoms with E-state index in [0.717, 1.165) is 22.9 Å². The summed E-state index contributed by atoms with van der Waals surface area (Å²) in [5.41, 5.74) is 0. The van der Waals surface area contributed by atoms with E-state index in [1.807, 2.05) is 0 Å². The highest BCUT2D eigenvalue weighted by molar-refractivity contribution is 7.11. The molecule has 1 aromatic heterocycles. The second kappa shape index (κ2) is 5.63. The molecule has 5 heteroatoms. The summed E-state index contributed by atoms with van der Waals surface area (Å²) in [7, 11) is 0. The minimum absolute atomic E-state index is 0.244. The molecular weight excluding hydrogens is 256 g/mol. The molecule has 0 spiro atoms. The van der Waals surface area contributed by atoms with E-state index in [1.54, 1.807) is 11.3 Å². The second-order valence-electron chi connectivity index (χ2n) is 4.76. The van der Waals surface area contributed by atoms with Crippen LogP contribution >= 0.6 is 22.9 Å². The molecule has 0 N–H and O–H groups in total. The number of hydrogen-bond donors (Lipinski definition) is 0. The fourth-order valence-corrected chi connectivity index (χ4v) is 3.74. The van der Waals surface area contributed by atoms with E-state index in [-0.39, 0.29) is 6.10 Å². The molecule has 1 aliphatic heterocycles. The normalized spacial score (nSPS) is 33.2. The lowest BCUT2D eigenvalue weighted by molar-refractivity contribution is 0.0556. The Bertz CT molecular complexity index is 371. The molecule has 0 bridgehead atoms. The van der Waals surface area contributed by atoms with Gasteiger partial charge in [-0.15, -0.1) is 33.1 Å². The molecule has 1 aliphatic rings. The van der Waals surface area contributed by atoms with Crippen LogP contribution < -0.4 is 0 Å². The van der Waals surface area contributed by atoms with Gasteiger partial charge in [-0.3, -0.25) is 0 Å². The van der Waals surface area contributed by atoms with Crippen molar-refractivity contribution in [1.82, 2.24) is 10.2 Å². The lowest BCUT2D eigenvalue weighted by Gasteiger charge is -2.14. The van der Waals surface area contributed by atoms with E-state index in [4.69, 9.17) is 16.3 Å². The van der Waals surface area contributed by atoms with Crippen LogP contribution in [0.3, 0.4) is 0 Å². The molecule has 1 fully saturated rings. The molecule has 3 nitrogen and oxygen atoms in total. The van der Waals surface area contributed by atoms with Gasteiger partial charge in [-0.05, 0) is 26.2 Å². The molecule has 4 atom stereocenters. The van der Waals surface area contributed by atoms with Crippen LogP contribution in [0.1, 0.15) is 43.1 Å². The van der Waals surface area contributed by atoms with E-state index in [1.165, 1.54) is 0 Å². The number of rotatable bonds is 4. The molecule has 0 aromatic carbocycles. The highest BCUT2D eigenvalue weighted by atomic mass is 35.5. The molecule has 2 rings (SSSR count). The summed E-state index contributed by atoms with van der Waals surface area (Å²) in [5.74, 6) is 1.59. The predicted molar refractivity (Wildman–Crippen MR) is 70.9 cm³/mol. The Hall–Kier alpha value is -0.190. The van der Waals surface area contributed by atoms with E-state index in [0.29, 0.717) is 23.8 Å². The first-order chi connectivity index (χ1) is 8.13. The summed E-state index contributed by atoms with van der Waals surface area (Å²) in [6, 6.07) is 0. The number of hydrogen-bond acceptors (Lipinski definition) is 4. The maximum absolute atomic E-state index is 5.85. The quantitative estimate of drug-likeness (QED) is 0.791. The first-order valence-electron chi connectivity index (χ1n) is 6.17. The van der Waals surface area contributed by atoms with Crippen LogP contribution in [0, 0.1) is 5.92 Å². The van der Waals surface area contributed by atoms with Crippen LogP contribution in [0.5, 0.6) is 0 Å². The van der Waals surface area contributed by atoms with Crippen molar-refractivity contribution in [3.8, 4) is 0 Å². The molecular formula is C12H19ClN2OS. The average Bonchev–Trinajstić information content (AvgIpc) is 2.83. The zero-order chi connectivity index (χ0) is 12.4. The Kier molecular flexibility index (Phi) is 4.39. The van der Waals surface area contributed by atoms with Gasteiger partial charge in [-0.1, -0.05) is 6.92 Å². The van der Waals surface area contributed by atoms with Crippen molar-refractivity contribution < 1.29 is 4.74 Å². The predicted octanol–water partition coefficient (Wildman–Crippen LogP) is 3.24. The van der Waals surface area contributed by atoms with Crippen molar-refractivity contribution in [1.29, 1.82) is 0 Å². The summed E-state index contributed by atoms with van der Waals surface area (Å²) >= 11 is 7.41. The van der Waals surface area contributed by atoms with Gasteiger partial charge in [0.15, 0.2) is 0 Å². The van der Waals surface area contributed by atoms with E-state index in [2.05, 4.69) is 31.0 Å². The van der Waals surface area contributed by atoms with Crippen LogP contribution in [-0.4, -0.2) is 28.3 Å². The van der Waals surface area contributed by atoms with Crippen molar-refractivity contribution in [3.63, 3.8) is 0 Å². The second-order valence-corrected chi connectivity index (χ2v) is 6.23. The molecule has 2 heterocycles. The third-order valence-electron chi connectivity index (χ3n) is 3.53. The zero-order valence-corrected chi connectivity index (χ0v) is 12.1. The lowest BCUT2D eigenvalue weighted by atomic mass is 9.90. The lowest BCUT2D eigenvalue weighted by Crippen LogP contribution is -2.14. The van der Waals surface area contributed by atoms with Gasteiger partial charge in [-0.2, -0.15) is 0 Å². The third-order valence-corrected chi connectivity index (χ3v) is 4.89. The number of alkyl halides is 1. The average molecular weight is 275 g/mol. The van der Waals surface area contributed by atoms with Crippen molar-refractivity contribution in [2.75, 3.05) is 5.88 Å². The van der Waals surface area contributed by atoms with Crippen LogP contribution in [0.15, 0.2) is 0 Å². The van der Waals surface area contributed by atoms with Gasteiger partial charge in [-0.25, -0.2) is 0 Å². The Balaban J connectivity index is 2.09. The minimum atomic E-state index is 0.244. The molecule has 1 saturated heterocycles. The largest absolute Gasteiger partial charge is 0.375 e. The summed E-state index contributed by atoms with van der Waals surface area (Å²) in [6.45, 7) is 6.50. The topological polar surface area (TPSA) is 35.0 Å². The van der Waals surface area contributed by atoms with Gasteiger partial charge >= 0.3 is 0 Å². The molecule has 4 unspecified atom stereocenters. The van der Waals surface area contributed by atoms with Crippen molar-refractivity contribution in [2.45, 2.75) is 51.7 Å². The van der Waals surface area contributed by atoms with Crippen molar-refractivity contribution in [3.05, 3.63) is 10.0 Å². The van der Waals surface area contributed by atoms with Crippen LogP contribution in [0.25, 0.3) is 0 Å². The Labute approximate surface area is 112 Å². The molecule has 17 heavy (non-hydrogen) atoms. The summed E-state index contributed by atoms with van der Waals surface area (Å²) < 4.78 is 5.85. The number of halogens is 1. The van der Waals surface area contributed by atoms with Gasteiger partial charge in [0, 0.05) is 18.2 Å². The van der Waals surface area contributed by atoms with E-state index < -0.39 is 0 Å². The summed E-state index contributed by atoms with van der Waals surface area (Å²) in [6.07, 6.45) is 2.46. The Morgan fingerprint density at radius 3 is 2.59 bits per heavy atom. The molecule has 0 amide bonds. The molecule has 96 valence electrons. The fraction of sp³-hybridized carbons (Fsp3) is 0.833. The van der Waals surface area contributed by atoms with E-state index >= 15 is 0 Å². The van der Waals surface area contributed by atoms with Gasteiger partial charge in [0.1, 0.15) is 10.0 Å². The maximum atomic E-state index is 5.85. The number of ether oxygens (including phenoxy) is 1. The van der Waals surface area contributed by atoms with E-state index in [9.17, 15) is 0 Å². The summed E-state index contributed by atoms with van der Waals surface area (Å²) in [5, 5.41) is 10.8. The van der Waals surface area contributed by atoms with Gasteiger partial charge < -0.3 is 4.74 Å². The molecule has 1 aromatic rings. The number of nitrogens with zero attached hydrogens (tertiary/aromatic N) is 2. The Morgan fingerprint density at radius 2 is 2.00 bits per heavy atom. The SMILES string of the molecule is CC1OC(C)C(c2nnc(CCCCl)s2)C1C. The van der Waals surface area contributed by atoms with Gasteiger partial charge in [0.25, 0.3) is 0 Å². The molecule has 0 saturated carbocycles. The maximum Gasteiger partial charge on any atom is 0.123 e. The zero-order valence-electron chi connectivity index (χ0n) is 10.5. The van der Waals surface area contributed by atoms with Gasteiger partial charge in [0.2, 0.25) is 0 Å². The molecule has 0 radical (unpaired) electrons. The van der Waals surface area contributed by atoms with Crippen LogP contribution in [0.2, 0.25) is 0 Å². The first-order valence-corrected chi connectivity index (χ1v) is 7.52. The highest BCUT2D eigenvalue weighted by Gasteiger charge is 2.39. The smallest absolute Gasteiger partial charge is 0.123 e. The van der Waals surface area contributed by atoms with Gasteiger partial charge in [0.05, 0.1) is 12.2 Å². The van der Waals surface area contributed by atoms with Crippen molar-refractivity contribution in [2.24, 2.45) is 5.92 Å². The standard InChI is InChI=1S/C12H19ClN2OS/c1-7-8(2)16-9(3)11(7)12-15-14-10(17-12)5-4-6-13/h7-9,11H,4-6H2,1-3H3. The van der Waals surface area contributed by atoms with Crippen LogP contribution in [-0.2, 0) is 11.2 Å². The molecule has 0 aliphatic carbocycles. The fourth-order valence-electron chi connectivity index (χ4n) is 2.41. The number of aryl methyl sites for hydroxylation is 1. The van der Waals surface area contributed by atoms with Crippen molar-refractivity contribution >= 4 is 22.9 Å². The van der Waals surface area contributed by atoms with Crippen LogP contribution in [0.4, 0.5) is 0 Å². The third kappa shape index (κ3) is 2.80. The first kappa shape index (κ1) is 13.2. The Morgan fingerprint density at radius 1 is 1.24 bits per heavy atom. The highest BCUT2D eigenvalue weighted by Crippen LogP contribution is 2.40.